The number of nitrogens with zero attached hydrogens (tertiary/aromatic N) is 1. The van der Waals surface area contributed by atoms with E-state index in [-0.39, 0.29) is 24.0 Å². The number of nitriles is 1. The van der Waals surface area contributed by atoms with Crippen molar-refractivity contribution in [2.45, 2.75) is 19.3 Å². The van der Waals surface area contributed by atoms with Crippen molar-refractivity contribution in [3.8, 4) is 11.8 Å². The van der Waals surface area contributed by atoms with Crippen molar-refractivity contribution in [2.75, 3.05) is 5.75 Å². The maximum atomic E-state index is 11.7. The van der Waals surface area contributed by atoms with Gasteiger partial charge in [0, 0.05) is 12.3 Å². The Bertz CT molecular complexity index is 558. The number of carbonyl (C=O) groups is 1. The highest BCUT2D eigenvalue weighted by Crippen LogP contribution is 2.36. The number of benzene rings is 1. The van der Waals surface area contributed by atoms with E-state index in [2.05, 4.69) is 11.4 Å². The molecule has 1 heterocycles. The van der Waals surface area contributed by atoms with Gasteiger partial charge in [0.15, 0.2) is 0 Å². The monoisotopic (exact) mass is 274 g/mol. The van der Waals surface area contributed by atoms with Crippen LogP contribution in [0.2, 0.25) is 0 Å². The fourth-order valence-corrected chi connectivity index (χ4v) is 2.89. The maximum Gasteiger partial charge on any atom is 0.225 e. The maximum absolute atomic E-state index is 11.7. The van der Waals surface area contributed by atoms with Gasteiger partial charge >= 0.3 is 0 Å². The molecule has 0 fully saturated rings. The molecule has 0 saturated heterocycles. The van der Waals surface area contributed by atoms with Crippen LogP contribution in [0.25, 0.3) is 0 Å². The van der Waals surface area contributed by atoms with Gasteiger partial charge in [0.1, 0.15) is 5.75 Å². The van der Waals surface area contributed by atoms with Gasteiger partial charge in [-0.2, -0.15) is 5.26 Å². The van der Waals surface area contributed by atoms with E-state index in [4.69, 9.17) is 0 Å². The lowest BCUT2D eigenvalue weighted by Gasteiger charge is -2.24. The third-order valence-electron chi connectivity index (χ3n) is 2.94. The number of phenolic OH excluding ortho intramolecular Hbond substituents is 1. The van der Waals surface area contributed by atoms with E-state index in [0.29, 0.717) is 10.6 Å². The van der Waals surface area contributed by atoms with E-state index >= 15 is 0 Å². The molecule has 4 nitrogen and oxygen atoms in total. The molecule has 0 aromatic heterocycles. The van der Waals surface area contributed by atoms with Gasteiger partial charge in [-0.05, 0) is 23.4 Å². The number of carbonyl (C=O) groups excluding carboxylic acids is 1. The first kappa shape index (κ1) is 13.5. The fraction of sp³-hybridized carbons (Fsp3) is 0.286. The Morgan fingerprint density at radius 1 is 1.47 bits per heavy atom. The topological polar surface area (TPSA) is 73.1 Å². The third kappa shape index (κ3) is 2.91. The predicted octanol–water partition coefficient (Wildman–Crippen LogP) is 2.48. The molecule has 1 amide bonds. The van der Waals surface area contributed by atoms with Crippen LogP contribution in [0.3, 0.4) is 0 Å². The number of phenols is 1. The summed E-state index contributed by atoms with van der Waals surface area (Å²) in [5.41, 5.74) is 1.47. The van der Waals surface area contributed by atoms with E-state index in [1.165, 1.54) is 11.8 Å². The van der Waals surface area contributed by atoms with Crippen molar-refractivity contribution < 1.29 is 9.90 Å². The largest absolute Gasteiger partial charge is 0.508 e. The molecule has 2 rings (SSSR count). The van der Waals surface area contributed by atoms with E-state index in [9.17, 15) is 15.2 Å². The molecule has 0 saturated carbocycles. The predicted molar refractivity (Wildman–Crippen MR) is 74.4 cm³/mol. The Morgan fingerprint density at radius 2 is 2.16 bits per heavy atom. The van der Waals surface area contributed by atoms with Crippen LogP contribution < -0.4 is 5.32 Å². The molecule has 1 unspecified atom stereocenters. The number of rotatable bonds is 3. The van der Waals surface area contributed by atoms with Gasteiger partial charge in [0.25, 0.3) is 0 Å². The lowest BCUT2D eigenvalue weighted by atomic mass is 9.87. The van der Waals surface area contributed by atoms with E-state index in [0.717, 1.165) is 11.3 Å². The summed E-state index contributed by atoms with van der Waals surface area (Å²) in [7, 11) is 0. The summed E-state index contributed by atoms with van der Waals surface area (Å²) in [5, 5.41) is 22.1. The average molecular weight is 274 g/mol. The number of aromatic hydroxyl groups is 1. The van der Waals surface area contributed by atoms with Crippen molar-refractivity contribution in [2.24, 2.45) is 0 Å². The number of amides is 1. The molecule has 1 aliphatic rings. The second-order valence-electron chi connectivity index (χ2n) is 4.18. The summed E-state index contributed by atoms with van der Waals surface area (Å²) in [6.45, 7) is 1.98. The Balaban J connectivity index is 2.42. The standard InChI is InChI=1S/C14H14N2O2S/c1-2-19-14-12(8-15)11(7-13(18)16-14)9-3-5-10(17)6-4-9/h3-6,11,17H,2,7H2,1H3,(H,16,18). The van der Waals surface area contributed by atoms with Crippen molar-refractivity contribution in [1.82, 2.24) is 5.32 Å². The van der Waals surface area contributed by atoms with Crippen molar-refractivity contribution in [3.05, 3.63) is 40.4 Å². The molecule has 1 aliphatic heterocycles. The van der Waals surface area contributed by atoms with Gasteiger partial charge < -0.3 is 10.4 Å². The van der Waals surface area contributed by atoms with Gasteiger partial charge in [0.05, 0.1) is 16.7 Å². The molecular formula is C14H14N2O2S. The minimum atomic E-state index is -0.228. The minimum absolute atomic E-state index is 0.0759. The molecular weight excluding hydrogens is 260 g/mol. The molecule has 0 radical (unpaired) electrons. The van der Waals surface area contributed by atoms with E-state index in [1.807, 2.05) is 6.92 Å². The highest BCUT2D eigenvalue weighted by atomic mass is 32.2. The molecule has 5 heteroatoms. The molecule has 0 spiro atoms. The van der Waals surface area contributed by atoms with Gasteiger partial charge in [-0.25, -0.2) is 0 Å². The summed E-state index contributed by atoms with van der Waals surface area (Å²) >= 11 is 1.47. The molecule has 1 aromatic carbocycles. The Morgan fingerprint density at radius 3 is 2.74 bits per heavy atom. The molecule has 0 bridgehead atoms. The van der Waals surface area contributed by atoms with Crippen molar-refractivity contribution in [3.63, 3.8) is 0 Å². The van der Waals surface area contributed by atoms with Crippen LogP contribution in [0, 0.1) is 11.3 Å². The number of hydrogen-bond acceptors (Lipinski definition) is 4. The minimum Gasteiger partial charge on any atom is -0.508 e. The van der Waals surface area contributed by atoms with Gasteiger partial charge in [-0.15, -0.1) is 11.8 Å². The van der Waals surface area contributed by atoms with E-state index < -0.39 is 0 Å². The van der Waals surface area contributed by atoms with E-state index in [1.54, 1.807) is 24.3 Å². The summed E-state index contributed by atoms with van der Waals surface area (Å²) < 4.78 is 0. The Labute approximate surface area is 116 Å². The van der Waals surface area contributed by atoms with Crippen LogP contribution in [0.1, 0.15) is 24.8 Å². The molecule has 1 atom stereocenters. The van der Waals surface area contributed by atoms with Gasteiger partial charge in [-0.3, -0.25) is 4.79 Å². The summed E-state index contributed by atoms with van der Waals surface area (Å²) in [6.07, 6.45) is 0.265. The highest BCUT2D eigenvalue weighted by Gasteiger charge is 2.29. The second-order valence-corrected chi connectivity index (χ2v) is 5.46. The quantitative estimate of drug-likeness (QED) is 0.888. The van der Waals surface area contributed by atoms with Crippen molar-refractivity contribution in [1.29, 1.82) is 5.26 Å². The number of hydrogen-bond donors (Lipinski definition) is 2. The highest BCUT2D eigenvalue weighted by molar-refractivity contribution is 8.03. The Hall–Kier alpha value is -1.93. The third-order valence-corrected chi connectivity index (χ3v) is 3.84. The molecule has 1 aromatic rings. The fourth-order valence-electron chi connectivity index (χ4n) is 2.07. The van der Waals surface area contributed by atoms with Gasteiger partial charge in [-0.1, -0.05) is 19.1 Å². The number of nitrogens with one attached hydrogen (secondary N) is 1. The van der Waals surface area contributed by atoms with Crippen LogP contribution in [0.5, 0.6) is 5.75 Å². The SMILES string of the molecule is CCSC1=C(C#N)C(c2ccc(O)cc2)CC(=O)N1. The van der Waals surface area contributed by atoms with Crippen LogP contribution in [0.4, 0.5) is 0 Å². The average Bonchev–Trinajstić information content (AvgIpc) is 2.39. The Kier molecular flexibility index (Phi) is 4.13. The normalized spacial score (nSPS) is 18.9. The summed E-state index contributed by atoms with van der Waals surface area (Å²) in [6, 6.07) is 8.86. The lowest BCUT2D eigenvalue weighted by molar-refractivity contribution is -0.120. The molecule has 2 N–H and O–H groups in total. The zero-order valence-corrected chi connectivity index (χ0v) is 11.3. The van der Waals surface area contributed by atoms with Crippen LogP contribution in [-0.2, 0) is 4.79 Å². The van der Waals surface area contributed by atoms with Crippen LogP contribution in [0.15, 0.2) is 34.9 Å². The summed E-state index contributed by atoms with van der Waals surface area (Å²) in [5.74, 6) is 0.666. The number of thioether (sulfide) groups is 1. The first-order valence-electron chi connectivity index (χ1n) is 6.01. The smallest absolute Gasteiger partial charge is 0.225 e. The first-order chi connectivity index (χ1) is 9.15. The van der Waals surface area contributed by atoms with Crippen LogP contribution >= 0.6 is 11.8 Å². The van der Waals surface area contributed by atoms with Gasteiger partial charge in [0.2, 0.25) is 5.91 Å². The molecule has 0 aliphatic carbocycles. The second kappa shape index (κ2) is 5.81. The number of allylic oxidation sites excluding steroid dienone is 1. The van der Waals surface area contributed by atoms with Crippen LogP contribution in [-0.4, -0.2) is 16.8 Å². The molecule has 98 valence electrons. The lowest BCUT2D eigenvalue weighted by Crippen LogP contribution is -2.30. The molecule has 19 heavy (non-hydrogen) atoms. The summed E-state index contributed by atoms with van der Waals surface area (Å²) in [4.78, 5) is 11.7. The first-order valence-corrected chi connectivity index (χ1v) is 7.00. The zero-order valence-electron chi connectivity index (χ0n) is 10.5. The zero-order chi connectivity index (χ0) is 13.8. The van der Waals surface area contributed by atoms with Crippen molar-refractivity contribution >= 4 is 17.7 Å².